The summed E-state index contributed by atoms with van der Waals surface area (Å²) in [7, 11) is 1.38. The van der Waals surface area contributed by atoms with Gasteiger partial charge in [0.15, 0.2) is 11.6 Å². The van der Waals surface area contributed by atoms with Gasteiger partial charge in [0, 0.05) is 18.2 Å². The minimum absolute atomic E-state index is 0.126. The highest BCUT2D eigenvalue weighted by molar-refractivity contribution is 5.92. The first kappa shape index (κ1) is 15.7. The van der Waals surface area contributed by atoms with Crippen LogP contribution in [-0.4, -0.2) is 28.1 Å². The normalized spacial score (nSPS) is 12.2. The van der Waals surface area contributed by atoms with Crippen LogP contribution in [0.2, 0.25) is 0 Å². The number of ether oxygens (including phenoxy) is 1. The number of nitrogens with zero attached hydrogens (tertiary/aromatic N) is 2. The van der Waals surface area contributed by atoms with E-state index >= 15 is 0 Å². The molecule has 1 unspecified atom stereocenters. The van der Waals surface area contributed by atoms with E-state index in [1.54, 1.807) is 6.92 Å². The van der Waals surface area contributed by atoms with Crippen LogP contribution in [-0.2, 0) is 0 Å². The average molecular weight is 306 g/mol. The molecule has 118 valence electrons. The summed E-state index contributed by atoms with van der Waals surface area (Å²) >= 11 is 0. The average Bonchev–Trinajstić information content (AvgIpc) is 2.97. The number of carbonyl (C=O) groups excluding carboxylic acids is 1. The second-order valence-corrected chi connectivity index (χ2v) is 5.12. The van der Waals surface area contributed by atoms with Gasteiger partial charge >= 0.3 is 0 Å². The molecule has 0 saturated carbocycles. The Morgan fingerprint density at radius 2 is 2.14 bits per heavy atom. The van der Waals surface area contributed by atoms with Gasteiger partial charge in [0.05, 0.1) is 7.11 Å². The van der Waals surface area contributed by atoms with E-state index in [9.17, 15) is 9.59 Å². The van der Waals surface area contributed by atoms with E-state index in [-0.39, 0.29) is 22.8 Å². The first-order chi connectivity index (χ1) is 10.4. The number of nitrogens with one attached hydrogen (secondary N) is 2. The van der Waals surface area contributed by atoms with E-state index in [0.29, 0.717) is 11.7 Å². The van der Waals surface area contributed by atoms with E-state index in [2.05, 4.69) is 20.4 Å². The summed E-state index contributed by atoms with van der Waals surface area (Å²) in [6, 6.07) is 0.701. The fourth-order valence-corrected chi connectivity index (χ4v) is 1.74. The van der Waals surface area contributed by atoms with E-state index in [1.807, 2.05) is 13.8 Å². The SMILES string of the molecule is COc1c[nH]c(C(=O)NC(C)c2nc(C(C)C)no2)cc1=O. The second kappa shape index (κ2) is 6.42. The predicted octanol–water partition coefficient (Wildman–Crippen LogP) is 1.38. The molecule has 2 aromatic heterocycles. The van der Waals surface area contributed by atoms with Crippen LogP contribution in [0.5, 0.6) is 5.75 Å². The zero-order valence-electron chi connectivity index (χ0n) is 12.8. The lowest BCUT2D eigenvalue weighted by Crippen LogP contribution is -2.28. The molecule has 1 amide bonds. The van der Waals surface area contributed by atoms with Gasteiger partial charge in [0.2, 0.25) is 11.3 Å². The number of hydrogen-bond acceptors (Lipinski definition) is 6. The molecule has 0 radical (unpaired) electrons. The van der Waals surface area contributed by atoms with E-state index < -0.39 is 11.9 Å². The highest BCUT2D eigenvalue weighted by atomic mass is 16.5. The maximum Gasteiger partial charge on any atom is 0.268 e. The topological polar surface area (TPSA) is 110 Å². The number of aromatic nitrogens is 3. The molecule has 2 heterocycles. The minimum atomic E-state index is -0.474. The van der Waals surface area contributed by atoms with Gasteiger partial charge in [0.25, 0.3) is 5.91 Å². The Labute approximate surface area is 126 Å². The van der Waals surface area contributed by atoms with E-state index in [0.717, 1.165) is 0 Å². The lowest BCUT2D eigenvalue weighted by molar-refractivity contribution is 0.0927. The number of carbonyl (C=O) groups is 1. The number of hydrogen-bond donors (Lipinski definition) is 2. The lowest BCUT2D eigenvalue weighted by atomic mass is 10.2. The number of rotatable bonds is 5. The molecule has 0 fully saturated rings. The van der Waals surface area contributed by atoms with Gasteiger partial charge in [-0.3, -0.25) is 9.59 Å². The molecule has 1 atom stereocenters. The molecule has 8 nitrogen and oxygen atoms in total. The van der Waals surface area contributed by atoms with Crippen molar-refractivity contribution in [2.75, 3.05) is 7.11 Å². The van der Waals surface area contributed by atoms with E-state index in [1.165, 1.54) is 19.4 Å². The Bertz CT molecular complexity index is 720. The van der Waals surface area contributed by atoms with Gasteiger partial charge < -0.3 is 19.6 Å². The smallest absolute Gasteiger partial charge is 0.268 e. The van der Waals surface area contributed by atoms with Crippen molar-refractivity contribution >= 4 is 5.91 Å². The third-order valence-corrected chi connectivity index (χ3v) is 3.03. The molecule has 22 heavy (non-hydrogen) atoms. The van der Waals surface area contributed by atoms with Crippen molar-refractivity contribution in [1.82, 2.24) is 20.4 Å². The van der Waals surface area contributed by atoms with Gasteiger partial charge in [-0.25, -0.2) is 0 Å². The van der Waals surface area contributed by atoms with Crippen molar-refractivity contribution in [3.63, 3.8) is 0 Å². The first-order valence-corrected chi connectivity index (χ1v) is 6.83. The summed E-state index contributed by atoms with van der Waals surface area (Å²) in [6.45, 7) is 5.61. The Hall–Kier alpha value is -2.64. The summed E-state index contributed by atoms with van der Waals surface area (Å²) in [5.41, 5.74) is -0.250. The summed E-state index contributed by atoms with van der Waals surface area (Å²) in [6.07, 6.45) is 1.34. The van der Waals surface area contributed by atoms with Crippen molar-refractivity contribution in [2.45, 2.75) is 32.7 Å². The van der Waals surface area contributed by atoms with Crippen molar-refractivity contribution in [1.29, 1.82) is 0 Å². The fourth-order valence-electron chi connectivity index (χ4n) is 1.74. The molecule has 0 aliphatic rings. The van der Waals surface area contributed by atoms with E-state index in [4.69, 9.17) is 9.26 Å². The maximum atomic E-state index is 12.1. The first-order valence-electron chi connectivity index (χ1n) is 6.83. The summed E-state index contributed by atoms with van der Waals surface area (Å²) in [5, 5.41) is 6.53. The molecule has 2 N–H and O–H groups in total. The molecule has 2 aromatic rings. The van der Waals surface area contributed by atoms with Crippen molar-refractivity contribution in [3.05, 3.63) is 39.9 Å². The molecular weight excluding hydrogens is 288 g/mol. The van der Waals surface area contributed by atoms with Crippen molar-refractivity contribution in [3.8, 4) is 5.75 Å². The van der Waals surface area contributed by atoms with Crippen LogP contribution in [0.15, 0.2) is 21.6 Å². The fraction of sp³-hybridized carbons (Fsp3) is 0.429. The molecule has 0 spiro atoms. The number of methoxy groups -OCH3 is 1. The van der Waals surface area contributed by atoms with Crippen LogP contribution in [0.4, 0.5) is 0 Å². The Kier molecular flexibility index (Phi) is 4.59. The standard InChI is InChI=1S/C14H18N4O4/c1-7(2)12-17-14(22-18-12)8(3)16-13(20)9-5-10(19)11(21-4)6-15-9/h5-8H,1-4H3,(H,15,19)(H,16,20). The number of amides is 1. The Morgan fingerprint density at radius 3 is 2.68 bits per heavy atom. The molecule has 8 heteroatoms. The number of pyridine rings is 1. The van der Waals surface area contributed by atoms with Crippen LogP contribution < -0.4 is 15.5 Å². The zero-order chi connectivity index (χ0) is 16.3. The third kappa shape index (κ3) is 3.33. The highest BCUT2D eigenvalue weighted by Crippen LogP contribution is 2.15. The van der Waals surface area contributed by atoms with Gasteiger partial charge in [-0.1, -0.05) is 19.0 Å². The van der Waals surface area contributed by atoms with Crippen LogP contribution >= 0.6 is 0 Å². The summed E-state index contributed by atoms with van der Waals surface area (Å²) < 4.78 is 9.96. The Morgan fingerprint density at radius 1 is 1.41 bits per heavy atom. The minimum Gasteiger partial charge on any atom is -0.491 e. The van der Waals surface area contributed by atoms with Crippen LogP contribution in [0.25, 0.3) is 0 Å². The third-order valence-electron chi connectivity index (χ3n) is 3.03. The molecule has 0 saturated heterocycles. The zero-order valence-corrected chi connectivity index (χ0v) is 12.8. The van der Waals surface area contributed by atoms with Crippen LogP contribution in [0.1, 0.15) is 54.9 Å². The molecule has 0 aliphatic heterocycles. The quantitative estimate of drug-likeness (QED) is 0.863. The van der Waals surface area contributed by atoms with Gasteiger partial charge in [-0.05, 0) is 6.92 Å². The second-order valence-electron chi connectivity index (χ2n) is 5.12. The monoisotopic (exact) mass is 306 g/mol. The van der Waals surface area contributed by atoms with Crippen molar-refractivity contribution < 1.29 is 14.1 Å². The lowest BCUT2D eigenvalue weighted by Gasteiger charge is -2.09. The van der Waals surface area contributed by atoms with Crippen LogP contribution in [0, 0.1) is 0 Å². The molecule has 0 aromatic carbocycles. The largest absolute Gasteiger partial charge is 0.491 e. The molecule has 0 bridgehead atoms. The number of H-pyrrole nitrogens is 1. The van der Waals surface area contributed by atoms with Gasteiger partial charge in [-0.2, -0.15) is 4.98 Å². The maximum absolute atomic E-state index is 12.1. The molecule has 2 rings (SSSR count). The van der Waals surface area contributed by atoms with Crippen LogP contribution in [0.3, 0.4) is 0 Å². The number of aromatic amines is 1. The van der Waals surface area contributed by atoms with Gasteiger partial charge in [0.1, 0.15) is 11.7 Å². The highest BCUT2D eigenvalue weighted by Gasteiger charge is 2.19. The van der Waals surface area contributed by atoms with Crippen molar-refractivity contribution in [2.24, 2.45) is 0 Å². The predicted molar refractivity (Wildman–Crippen MR) is 77.9 cm³/mol. The van der Waals surface area contributed by atoms with Gasteiger partial charge in [-0.15, -0.1) is 0 Å². The summed E-state index contributed by atoms with van der Waals surface area (Å²) in [5.74, 6) is 0.722. The molecule has 0 aliphatic carbocycles. The molecular formula is C14H18N4O4. The Balaban J connectivity index is 2.10. The summed E-state index contributed by atoms with van der Waals surface area (Å²) in [4.78, 5) is 30.7.